The third-order valence-corrected chi connectivity index (χ3v) is 6.06. The van der Waals surface area contributed by atoms with E-state index in [0.29, 0.717) is 36.1 Å². The Labute approximate surface area is 169 Å². The number of fused-ring (bicyclic) bond motifs is 1. The molecule has 2 aromatic carbocycles. The summed E-state index contributed by atoms with van der Waals surface area (Å²) in [6, 6.07) is 13.7. The lowest BCUT2D eigenvalue weighted by Gasteiger charge is -2.25. The Morgan fingerprint density at radius 3 is 2.48 bits per heavy atom. The monoisotopic (exact) mass is 415 g/mol. The van der Waals surface area contributed by atoms with E-state index in [1.165, 1.54) is 6.92 Å². The predicted molar refractivity (Wildman–Crippen MR) is 109 cm³/mol. The molecule has 29 heavy (non-hydrogen) atoms. The van der Waals surface area contributed by atoms with Crippen molar-refractivity contribution in [3.63, 3.8) is 0 Å². The lowest BCUT2D eigenvalue weighted by atomic mass is 10.1. The first-order valence-corrected chi connectivity index (χ1v) is 10.7. The fraction of sp³-hybridized carbons (Fsp3) is 0.300. The minimum Gasteiger partial charge on any atom is -0.486 e. The first-order valence-electron chi connectivity index (χ1n) is 9.08. The molecule has 0 unspecified atom stereocenters. The lowest BCUT2D eigenvalue weighted by molar-refractivity contribution is -0.114. The van der Waals surface area contributed by atoms with Crippen LogP contribution >= 0.6 is 0 Å². The molecule has 2 aromatic rings. The van der Waals surface area contributed by atoms with Crippen molar-refractivity contribution in [1.29, 1.82) is 5.26 Å². The Bertz CT molecular complexity index is 1030. The lowest BCUT2D eigenvalue weighted by Crippen LogP contribution is -2.39. The van der Waals surface area contributed by atoms with Crippen molar-refractivity contribution in [3.8, 4) is 17.6 Å². The quantitative estimate of drug-likeness (QED) is 0.743. The summed E-state index contributed by atoms with van der Waals surface area (Å²) >= 11 is 0. The zero-order valence-corrected chi connectivity index (χ0v) is 16.7. The summed E-state index contributed by atoms with van der Waals surface area (Å²) in [5.41, 5.74) is 1.68. The van der Waals surface area contributed by atoms with Crippen LogP contribution < -0.4 is 19.1 Å². The molecular weight excluding hydrogens is 394 g/mol. The van der Waals surface area contributed by atoms with Crippen LogP contribution in [0.3, 0.4) is 0 Å². The molecule has 8 nitrogen and oxygen atoms in total. The minimum atomic E-state index is -3.70. The van der Waals surface area contributed by atoms with Crippen LogP contribution in [0.5, 0.6) is 11.5 Å². The van der Waals surface area contributed by atoms with Gasteiger partial charge < -0.3 is 14.8 Å². The van der Waals surface area contributed by atoms with E-state index in [2.05, 4.69) is 11.4 Å². The summed E-state index contributed by atoms with van der Waals surface area (Å²) < 4.78 is 37.3. The Hall–Kier alpha value is -3.25. The maximum Gasteiger partial charge on any atom is 0.245 e. The summed E-state index contributed by atoms with van der Waals surface area (Å²) in [7, 11) is -3.70. The van der Waals surface area contributed by atoms with Gasteiger partial charge in [0, 0.05) is 11.8 Å². The highest BCUT2D eigenvalue weighted by Crippen LogP contribution is 2.34. The number of benzene rings is 2. The Balaban J connectivity index is 1.79. The standard InChI is InChI=1S/C20H21N3O5S/c1-2-29(25,26)23(17-7-8-18-19(13-17)28-12-11-27-18)14-20(24)22-16-5-3-15(4-6-16)9-10-21/h3-8,13H,2,9,11-12,14H2,1H3,(H,22,24). The van der Waals surface area contributed by atoms with Crippen LogP contribution in [-0.2, 0) is 21.2 Å². The van der Waals surface area contributed by atoms with Crippen LogP contribution in [0.15, 0.2) is 42.5 Å². The van der Waals surface area contributed by atoms with E-state index in [1.807, 2.05) is 0 Å². The highest BCUT2D eigenvalue weighted by Gasteiger charge is 2.25. The third-order valence-electron chi connectivity index (χ3n) is 4.32. The predicted octanol–water partition coefficient (Wildman–Crippen LogP) is 2.32. The summed E-state index contributed by atoms with van der Waals surface area (Å²) in [6.07, 6.45) is 0.279. The molecule has 1 aliphatic rings. The molecule has 3 rings (SSSR count). The van der Waals surface area contributed by atoms with Gasteiger partial charge in [0.1, 0.15) is 19.8 Å². The molecule has 0 saturated carbocycles. The van der Waals surface area contributed by atoms with E-state index in [9.17, 15) is 13.2 Å². The number of hydrogen-bond donors (Lipinski definition) is 1. The van der Waals surface area contributed by atoms with Crippen LogP contribution in [0.2, 0.25) is 0 Å². The second kappa shape index (κ2) is 8.84. The summed E-state index contributed by atoms with van der Waals surface area (Å²) in [4.78, 5) is 12.5. The van der Waals surface area contributed by atoms with Gasteiger partial charge in [-0.1, -0.05) is 12.1 Å². The summed E-state index contributed by atoms with van der Waals surface area (Å²) in [5, 5.41) is 11.4. The number of nitrogens with one attached hydrogen (secondary N) is 1. The second-order valence-corrected chi connectivity index (χ2v) is 8.50. The third kappa shape index (κ3) is 4.97. The van der Waals surface area contributed by atoms with Gasteiger partial charge in [-0.3, -0.25) is 9.10 Å². The second-order valence-electron chi connectivity index (χ2n) is 6.32. The molecule has 0 spiro atoms. The zero-order chi connectivity index (χ0) is 20.9. The van der Waals surface area contributed by atoms with Gasteiger partial charge in [0.15, 0.2) is 11.5 Å². The van der Waals surface area contributed by atoms with Crippen molar-refractivity contribution in [1.82, 2.24) is 0 Å². The summed E-state index contributed by atoms with van der Waals surface area (Å²) in [6.45, 7) is 1.94. The van der Waals surface area contributed by atoms with Crippen LogP contribution in [0.4, 0.5) is 11.4 Å². The van der Waals surface area contributed by atoms with Gasteiger partial charge in [0.05, 0.1) is 23.9 Å². The van der Waals surface area contributed by atoms with Crippen molar-refractivity contribution < 1.29 is 22.7 Å². The van der Waals surface area contributed by atoms with Crippen molar-refractivity contribution in [3.05, 3.63) is 48.0 Å². The molecule has 1 aliphatic heterocycles. The molecular formula is C20H21N3O5S. The number of rotatable bonds is 7. The fourth-order valence-corrected chi connectivity index (χ4v) is 3.88. The van der Waals surface area contributed by atoms with E-state index in [1.54, 1.807) is 42.5 Å². The normalized spacial score (nSPS) is 12.7. The van der Waals surface area contributed by atoms with Gasteiger partial charge in [-0.15, -0.1) is 0 Å². The van der Waals surface area contributed by atoms with Crippen molar-refractivity contribution >= 4 is 27.3 Å². The average Bonchev–Trinajstić information content (AvgIpc) is 2.73. The maximum absolute atomic E-state index is 12.6. The molecule has 152 valence electrons. The fourth-order valence-electron chi connectivity index (χ4n) is 2.82. The Morgan fingerprint density at radius 1 is 1.14 bits per heavy atom. The number of amides is 1. The molecule has 1 amide bonds. The van der Waals surface area contributed by atoms with Gasteiger partial charge in [-0.2, -0.15) is 5.26 Å². The van der Waals surface area contributed by atoms with Crippen LogP contribution in [0, 0.1) is 11.3 Å². The molecule has 1 N–H and O–H groups in total. The largest absolute Gasteiger partial charge is 0.486 e. The topological polar surface area (TPSA) is 109 Å². The highest BCUT2D eigenvalue weighted by atomic mass is 32.2. The first kappa shape index (κ1) is 20.5. The molecule has 0 aliphatic carbocycles. The van der Waals surface area contributed by atoms with Gasteiger partial charge >= 0.3 is 0 Å². The number of nitrogens with zero attached hydrogens (tertiary/aromatic N) is 2. The van der Waals surface area contributed by atoms with Crippen LogP contribution in [0.1, 0.15) is 12.5 Å². The molecule has 1 heterocycles. The van der Waals surface area contributed by atoms with Gasteiger partial charge in [-0.05, 0) is 36.8 Å². The highest BCUT2D eigenvalue weighted by molar-refractivity contribution is 7.92. The number of nitriles is 1. The smallest absolute Gasteiger partial charge is 0.245 e. The first-order chi connectivity index (χ1) is 13.9. The number of carbonyl (C=O) groups is 1. The molecule has 0 saturated heterocycles. The number of anilines is 2. The van der Waals surface area contributed by atoms with Crippen molar-refractivity contribution in [2.45, 2.75) is 13.3 Å². The van der Waals surface area contributed by atoms with Crippen molar-refractivity contribution in [2.75, 3.05) is 35.1 Å². The minimum absolute atomic E-state index is 0.155. The average molecular weight is 415 g/mol. The Morgan fingerprint density at radius 2 is 1.83 bits per heavy atom. The molecule has 0 aromatic heterocycles. The van der Waals surface area contributed by atoms with Crippen molar-refractivity contribution in [2.24, 2.45) is 0 Å². The van der Waals surface area contributed by atoms with E-state index in [0.717, 1.165) is 9.87 Å². The van der Waals surface area contributed by atoms with E-state index >= 15 is 0 Å². The number of hydrogen-bond acceptors (Lipinski definition) is 6. The van der Waals surface area contributed by atoms with Gasteiger partial charge in [0.25, 0.3) is 0 Å². The van der Waals surface area contributed by atoms with Crippen LogP contribution in [-0.4, -0.2) is 39.8 Å². The number of ether oxygens (including phenoxy) is 2. The number of carbonyl (C=O) groups excluding carboxylic acids is 1. The molecule has 0 atom stereocenters. The van der Waals surface area contributed by atoms with Crippen LogP contribution in [0.25, 0.3) is 0 Å². The number of sulfonamides is 1. The SMILES string of the molecule is CCS(=O)(=O)N(CC(=O)Nc1ccc(CC#N)cc1)c1ccc2c(c1)OCCO2. The zero-order valence-electron chi connectivity index (χ0n) is 15.9. The summed E-state index contributed by atoms with van der Waals surface area (Å²) in [5.74, 6) is 0.344. The molecule has 9 heteroatoms. The van der Waals surface area contributed by atoms with Gasteiger partial charge in [0.2, 0.25) is 15.9 Å². The molecule has 0 bridgehead atoms. The maximum atomic E-state index is 12.6. The van der Waals surface area contributed by atoms with E-state index < -0.39 is 15.9 Å². The van der Waals surface area contributed by atoms with E-state index in [4.69, 9.17) is 14.7 Å². The molecule has 0 radical (unpaired) electrons. The molecule has 0 fully saturated rings. The Kier molecular flexibility index (Phi) is 6.24. The van der Waals surface area contributed by atoms with Gasteiger partial charge in [-0.25, -0.2) is 8.42 Å². The van der Waals surface area contributed by atoms with E-state index in [-0.39, 0.29) is 18.7 Å².